The highest BCUT2D eigenvalue weighted by Crippen LogP contribution is 2.29. The van der Waals surface area contributed by atoms with E-state index in [2.05, 4.69) is 13.8 Å². The van der Waals surface area contributed by atoms with Crippen LogP contribution in [0.5, 0.6) is 0 Å². The first-order chi connectivity index (χ1) is 8.41. The highest BCUT2D eigenvalue weighted by Gasteiger charge is 2.20. The Labute approximate surface area is 106 Å². The molecule has 0 aliphatic heterocycles. The molecule has 4 heteroatoms. The second-order valence-corrected chi connectivity index (χ2v) is 5.20. The van der Waals surface area contributed by atoms with E-state index < -0.39 is 6.10 Å². The molecule has 1 heterocycles. The van der Waals surface area contributed by atoms with Gasteiger partial charge in [-0.3, -0.25) is 4.57 Å². The summed E-state index contributed by atoms with van der Waals surface area (Å²) < 4.78 is 6.58. The summed E-state index contributed by atoms with van der Waals surface area (Å²) in [5.74, 6) is 0.157. The van der Waals surface area contributed by atoms with Crippen LogP contribution in [0.3, 0.4) is 0 Å². The highest BCUT2D eigenvalue weighted by molar-refractivity contribution is 5.73. The number of oxazole rings is 1. The molecule has 1 aromatic heterocycles. The zero-order valence-corrected chi connectivity index (χ0v) is 11.2. The number of hydrogen-bond donors (Lipinski definition) is 1. The van der Waals surface area contributed by atoms with Crippen molar-refractivity contribution >= 4 is 11.1 Å². The molecule has 0 saturated heterocycles. The summed E-state index contributed by atoms with van der Waals surface area (Å²) in [7, 11) is 1.67. The van der Waals surface area contributed by atoms with Gasteiger partial charge in [0.15, 0.2) is 5.58 Å². The van der Waals surface area contributed by atoms with Crippen molar-refractivity contribution in [2.24, 2.45) is 18.9 Å². The quantitative estimate of drug-likeness (QED) is 0.909. The van der Waals surface area contributed by atoms with Gasteiger partial charge in [-0.2, -0.15) is 0 Å². The van der Waals surface area contributed by atoms with Crippen molar-refractivity contribution in [3.05, 3.63) is 34.3 Å². The van der Waals surface area contributed by atoms with Crippen LogP contribution in [0.15, 0.2) is 27.4 Å². The van der Waals surface area contributed by atoms with E-state index >= 15 is 0 Å². The molecule has 1 aromatic carbocycles. The van der Waals surface area contributed by atoms with Crippen LogP contribution in [0.1, 0.15) is 32.4 Å². The zero-order chi connectivity index (χ0) is 13.4. The lowest BCUT2D eigenvalue weighted by Crippen LogP contribution is -2.14. The van der Waals surface area contributed by atoms with E-state index in [4.69, 9.17) is 4.42 Å². The van der Waals surface area contributed by atoms with Gasteiger partial charge in [-0.05, 0) is 29.5 Å². The predicted octanol–water partition coefficient (Wildman–Crippen LogP) is 2.46. The minimum atomic E-state index is -0.542. The Kier molecular flexibility index (Phi) is 3.30. The Morgan fingerprint density at radius 2 is 1.94 bits per heavy atom. The van der Waals surface area contributed by atoms with Gasteiger partial charge in [0.1, 0.15) is 0 Å². The van der Waals surface area contributed by atoms with Gasteiger partial charge in [-0.1, -0.05) is 26.8 Å². The molecule has 2 atom stereocenters. The summed E-state index contributed by atoms with van der Waals surface area (Å²) in [5.41, 5.74) is 2.06. The molecular weight excluding hydrogens is 230 g/mol. The second-order valence-electron chi connectivity index (χ2n) is 5.20. The number of aryl methyl sites for hydroxylation is 1. The third kappa shape index (κ3) is 2.08. The molecule has 18 heavy (non-hydrogen) atoms. The van der Waals surface area contributed by atoms with Gasteiger partial charge in [0, 0.05) is 7.05 Å². The van der Waals surface area contributed by atoms with Crippen molar-refractivity contribution in [3.8, 4) is 0 Å². The Morgan fingerprint density at radius 1 is 1.28 bits per heavy atom. The van der Waals surface area contributed by atoms with E-state index in [-0.39, 0.29) is 11.7 Å². The van der Waals surface area contributed by atoms with Crippen LogP contribution in [-0.2, 0) is 7.05 Å². The molecule has 2 rings (SSSR count). The highest BCUT2D eigenvalue weighted by atomic mass is 16.4. The Morgan fingerprint density at radius 3 is 2.56 bits per heavy atom. The number of aliphatic hydroxyl groups is 1. The maximum absolute atomic E-state index is 11.4. The first-order valence-electron chi connectivity index (χ1n) is 6.19. The molecule has 0 radical (unpaired) electrons. The molecule has 0 amide bonds. The topological polar surface area (TPSA) is 55.4 Å². The average molecular weight is 249 g/mol. The maximum atomic E-state index is 11.4. The molecule has 0 saturated carbocycles. The molecule has 2 aromatic rings. The summed E-state index contributed by atoms with van der Waals surface area (Å²) in [6, 6.07) is 5.41. The van der Waals surface area contributed by atoms with Crippen LogP contribution >= 0.6 is 0 Å². The smallest absolute Gasteiger partial charge is 0.408 e. The number of rotatable bonds is 3. The molecule has 2 unspecified atom stereocenters. The van der Waals surface area contributed by atoms with E-state index in [1.54, 1.807) is 13.1 Å². The van der Waals surface area contributed by atoms with Gasteiger partial charge in [-0.25, -0.2) is 4.79 Å². The molecular formula is C14H19NO3. The van der Waals surface area contributed by atoms with Crippen LogP contribution in [0.4, 0.5) is 0 Å². The van der Waals surface area contributed by atoms with Crippen molar-refractivity contribution in [1.29, 1.82) is 0 Å². The number of benzene rings is 1. The van der Waals surface area contributed by atoms with Crippen LogP contribution in [0.25, 0.3) is 11.1 Å². The SMILES string of the molecule is CC(C)C(C)C(O)c1ccc2c(c1)oc(=O)n2C. The number of aromatic nitrogens is 1. The Hall–Kier alpha value is -1.55. The lowest BCUT2D eigenvalue weighted by atomic mass is 9.88. The van der Waals surface area contributed by atoms with Crippen molar-refractivity contribution < 1.29 is 9.52 Å². The van der Waals surface area contributed by atoms with Crippen LogP contribution in [-0.4, -0.2) is 9.67 Å². The second kappa shape index (κ2) is 4.61. The standard InChI is InChI=1S/C14H19NO3/c1-8(2)9(3)13(16)10-5-6-11-12(7-10)18-14(17)15(11)4/h5-9,13,16H,1-4H3. The van der Waals surface area contributed by atoms with Gasteiger partial charge in [-0.15, -0.1) is 0 Å². The van der Waals surface area contributed by atoms with Gasteiger partial charge in [0.05, 0.1) is 11.6 Å². The number of nitrogens with zero attached hydrogens (tertiary/aromatic N) is 1. The first kappa shape index (κ1) is 12.9. The minimum Gasteiger partial charge on any atom is -0.408 e. The number of hydrogen-bond acceptors (Lipinski definition) is 3. The van der Waals surface area contributed by atoms with Crippen molar-refractivity contribution in [2.45, 2.75) is 26.9 Å². The van der Waals surface area contributed by atoms with Gasteiger partial charge < -0.3 is 9.52 Å². The van der Waals surface area contributed by atoms with Crippen LogP contribution in [0.2, 0.25) is 0 Å². The summed E-state index contributed by atoms with van der Waals surface area (Å²) in [6.45, 7) is 6.17. The largest absolute Gasteiger partial charge is 0.419 e. The summed E-state index contributed by atoms with van der Waals surface area (Å²) >= 11 is 0. The molecule has 98 valence electrons. The lowest BCUT2D eigenvalue weighted by molar-refractivity contribution is 0.0921. The minimum absolute atomic E-state index is 0.151. The molecule has 0 bridgehead atoms. The molecule has 0 spiro atoms. The molecule has 4 nitrogen and oxygen atoms in total. The lowest BCUT2D eigenvalue weighted by Gasteiger charge is -2.22. The monoisotopic (exact) mass is 249 g/mol. The molecule has 0 aliphatic rings. The molecule has 0 aliphatic carbocycles. The fourth-order valence-corrected chi connectivity index (χ4v) is 2.00. The van der Waals surface area contributed by atoms with E-state index in [0.717, 1.165) is 11.1 Å². The van der Waals surface area contributed by atoms with Crippen molar-refractivity contribution in [1.82, 2.24) is 4.57 Å². The van der Waals surface area contributed by atoms with Crippen molar-refractivity contribution in [3.63, 3.8) is 0 Å². The molecule has 1 N–H and O–H groups in total. The van der Waals surface area contributed by atoms with Crippen molar-refractivity contribution in [2.75, 3.05) is 0 Å². The first-order valence-corrected chi connectivity index (χ1v) is 6.19. The van der Waals surface area contributed by atoms with Crippen LogP contribution in [0, 0.1) is 11.8 Å². The van der Waals surface area contributed by atoms with E-state index in [0.29, 0.717) is 11.5 Å². The normalized spacial score (nSPS) is 15.2. The van der Waals surface area contributed by atoms with Crippen LogP contribution < -0.4 is 5.76 Å². The summed E-state index contributed by atoms with van der Waals surface area (Å²) in [4.78, 5) is 11.4. The Bertz CT molecular complexity index is 609. The fourth-order valence-electron chi connectivity index (χ4n) is 2.00. The van der Waals surface area contributed by atoms with E-state index in [9.17, 15) is 9.90 Å². The summed E-state index contributed by atoms with van der Waals surface area (Å²) in [5, 5.41) is 10.3. The average Bonchev–Trinajstić information content (AvgIpc) is 2.62. The fraction of sp³-hybridized carbons (Fsp3) is 0.500. The number of fused-ring (bicyclic) bond motifs is 1. The van der Waals surface area contributed by atoms with E-state index in [1.807, 2.05) is 19.1 Å². The Balaban J connectivity index is 2.44. The predicted molar refractivity (Wildman–Crippen MR) is 70.4 cm³/mol. The third-order valence-corrected chi connectivity index (χ3v) is 3.71. The van der Waals surface area contributed by atoms with Gasteiger partial charge >= 0.3 is 5.76 Å². The third-order valence-electron chi connectivity index (χ3n) is 3.71. The summed E-state index contributed by atoms with van der Waals surface area (Å²) in [6.07, 6.45) is -0.542. The number of aliphatic hydroxyl groups excluding tert-OH is 1. The van der Waals surface area contributed by atoms with Gasteiger partial charge in [0.2, 0.25) is 0 Å². The van der Waals surface area contributed by atoms with E-state index in [1.165, 1.54) is 4.57 Å². The maximum Gasteiger partial charge on any atom is 0.419 e. The van der Waals surface area contributed by atoms with Gasteiger partial charge in [0.25, 0.3) is 0 Å². The molecule has 0 fully saturated rings. The zero-order valence-electron chi connectivity index (χ0n) is 11.2.